The number of hydrogen-bond donors (Lipinski definition) is 1. The molecule has 0 fully saturated rings. The molecule has 0 aliphatic carbocycles. The largest absolute Gasteiger partial charge is 0.465 e. The van der Waals surface area contributed by atoms with Crippen molar-refractivity contribution in [1.82, 2.24) is 4.98 Å². The molecule has 1 aromatic heterocycles. The van der Waals surface area contributed by atoms with Gasteiger partial charge in [-0.3, -0.25) is 0 Å². The van der Waals surface area contributed by atoms with Gasteiger partial charge in [-0.2, -0.15) is 0 Å². The quantitative estimate of drug-likeness (QED) is 0.882. The number of aryl methyl sites for hydroxylation is 1. The van der Waals surface area contributed by atoms with Crippen LogP contribution in [0.4, 0.5) is 0 Å². The molecule has 0 bridgehead atoms. The van der Waals surface area contributed by atoms with Gasteiger partial charge in [-0.05, 0) is 24.1 Å². The Bertz CT molecular complexity index is 575. The molecular formula is C14H14BrNO2. The lowest BCUT2D eigenvalue weighted by Gasteiger charge is -2.05. The Morgan fingerprint density at radius 3 is 2.72 bits per heavy atom. The van der Waals surface area contributed by atoms with Gasteiger partial charge >= 0.3 is 5.97 Å². The molecular weight excluding hydrogens is 294 g/mol. The van der Waals surface area contributed by atoms with Crippen molar-refractivity contribution in [2.75, 3.05) is 7.11 Å². The van der Waals surface area contributed by atoms with Gasteiger partial charge in [-0.25, -0.2) is 4.79 Å². The molecule has 94 valence electrons. The summed E-state index contributed by atoms with van der Waals surface area (Å²) in [5, 5.41) is 0. The van der Waals surface area contributed by atoms with Gasteiger partial charge in [-0.1, -0.05) is 34.1 Å². The third-order valence-electron chi connectivity index (χ3n) is 2.89. The zero-order valence-corrected chi connectivity index (χ0v) is 11.9. The van der Waals surface area contributed by atoms with E-state index in [2.05, 4.69) is 20.9 Å². The maximum atomic E-state index is 11.7. The van der Waals surface area contributed by atoms with Crippen molar-refractivity contribution in [2.45, 2.75) is 13.3 Å². The number of carbonyl (C=O) groups excluding carboxylic acids is 1. The first-order valence-corrected chi connectivity index (χ1v) is 6.41. The molecule has 1 aromatic carbocycles. The number of methoxy groups -OCH3 is 1. The fraction of sp³-hybridized carbons (Fsp3) is 0.214. The van der Waals surface area contributed by atoms with Crippen LogP contribution in [0.5, 0.6) is 0 Å². The number of benzene rings is 1. The van der Waals surface area contributed by atoms with E-state index in [4.69, 9.17) is 4.74 Å². The summed E-state index contributed by atoms with van der Waals surface area (Å²) in [7, 11) is 1.40. The Balaban J connectivity index is 2.36. The SMILES string of the molecule is COC(=O)c1c(Cc2ccccc2Br)c[nH]c1C. The number of rotatable bonds is 3. The third-order valence-corrected chi connectivity index (χ3v) is 3.66. The maximum Gasteiger partial charge on any atom is 0.339 e. The van der Waals surface area contributed by atoms with Gasteiger partial charge in [-0.15, -0.1) is 0 Å². The summed E-state index contributed by atoms with van der Waals surface area (Å²) in [6, 6.07) is 7.98. The van der Waals surface area contributed by atoms with Gasteiger partial charge < -0.3 is 9.72 Å². The van der Waals surface area contributed by atoms with E-state index in [1.54, 1.807) is 0 Å². The van der Waals surface area contributed by atoms with Gasteiger partial charge in [0, 0.05) is 22.8 Å². The highest BCUT2D eigenvalue weighted by atomic mass is 79.9. The van der Waals surface area contributed by atoms with E-state index < -0.39 is 0 Å². The van der Waals surface area contributed by atoms with Crippen LogP contribution in [0.15, 0.2) is 34.9 Å². The number of nitrogens with one attached hydrogen (secondary N) is 1. The van der Waals surface area contributed by atoms with Gasteiger partial charge in [0.2, 0.25) is 0 Å². The van der Waals surface area contributed by atoms with Crippen molar-refractivity contribution in [1.29, 1.82) is 0 Å². The summed E-state index contributed by atoms with van der Waals surface area (Å²) in [4.78, 5) is 14.8. The predicted octanol–water partition coefficient (Wildman–Crippen LogP) is 3.46. The number of carbonyl (C=O) groups is 1. The van der Waals surface area contributed by atoms with Gasteiger partial charge in [0.15, 0.2) is 0 Å². The Hall–Kier alpha value is -1.55. The van der Waals surface area contributed by atoms with Gasteiger partial charge in [0.1, 0.15) is 0 Å². The molecule has 0 atom stereocenters. The molecule has 0 unspecified atom stereocenters. The molecule has 0 aliphatic rings. The first-order chi connectivity index (χ1) is 8.63. The van der Waals surface area contributed by atoms with Crippen LogP contribution in [0.25, 0.3) is 0 Å². The van der Waals surface area contributed by atoms with Crippen LogP contribution in [-0.2, 0) is 11.2 Å². The number of aromatic amines is 1. The van der Waals surface area contributed by atoms with Gasteiger partial charge in [0.25, 0.3) is 0 Å². The Morgan fingerprint density at radius 1 is 1.33 bits per heavy atom. The van der Waals surface area contributed by atoms with Crippen LogP contribution in [0.1, 0.15) is 27.2 Å². The van der Waals surface area contributed by atoms with Crippen LogP contribution < -0.4 is 0 Å². The first-order valence-electron chi connectivity index (χ1n) is 5.62. The average Bonchev–Trinajstić information content (AvgIpc) is 2.72. The highest BCUT2D eigenvalue weighted by Crippen LogP contribution is 2.23. The summed E-state index contributed by atoms with van der Waals surface area (Å²) in [5.74, 6) is -0.296. The van der Waals surface area contributed by atoms with Crippen molar-refractivity contribution in [3.8, 4) is 0 Å². The second kappa shape index (κ2) is 5.40. The van der Waals surface area contributed by atoms with Crippen molar-refractivity contribution < 1.29 is 9.53 Å². The number of esters is 1. The van der Waals surface area contributed by atoms with Crippen LogP contribution in [0.3, 0.4) is 0 Å². The minimum absolute atomic E-state index is 0.296. The lowest BCUT2D eigenvalue weighted by molar-refractivity contribution is 0.0599. The first kappa shape index (κ1) is 12.9. The normalized spacial score (nSPS) is 10.4. The second-order valence-corrected chi connectivity index (χ2v) is 4.93. The van der Waals surface area contributed by atoms with Crippen LogP contribution in [0, 0.1) is 6.92 Å². The summed E-state index contributed by atoms with van der Waals surface area (Å²) < 4.78 is 5.85. The monoisotopic (exact) mass is 307 g/mol. The molecule has 3 nitrogen and oxygen atoms in total. The predicted molar refractivity (Wildman–Crippen MR) is 73.8 cm³/mol. The Kier molecular flexibility index (Phi) is 3.87. The van der Waals surface area contributed by atoms with Crippen LogP contribution >= 0.6 is 15.9 Å². The standard InChI is InChI=1S/C14H14BrNO2/c1-9-13(14(17)18-2)11(8-16-9)7-10-5-3-4-6-12(10)15/h3-6,8,16H,7H2,1-2H3. The van der Waals surface area contributed by atoms with E-state index >= 15 is 0 Å². The minimum Gasteiger partial charge on any atom is -0.465 e. The van der Waals surface area contributed by atoms with Crippen molar-refractivity contribution in [3.05, 3.63) is 57.3 Å². The number of aromatic nitrogens is 1. The topological polar surface area (TPSA) is 42.1 Å². The minimum atomic E-state index is -0.296. The number of halogens is 1. The van der Waals surface area contributed by atoms with Crippen molar-refractivity contribution in [2.24, 2.45) is 0 Å². The molecule has 4 heteroatoms. The van der Waals surface area contributed by atoms with Crippen LogP contribution in [-0.4, -0.2) is 18.1 Å². The van der Waals surface area contributed by atoms with E-state index in [1.165, 1.54) is 7.11 Å². The molecule has 18 heavy (non-hydrogen) atoms. The van der Waals surface area contributed by atoms with Gasteiger partial charge in [0.05, 0.1) is 12.7 Å². The number of ether oxygens (including phenoxy) is 1. The Labute approximate surface area is 114 Å². The zero-order chi connectivity index (χ0) is 13.1. The molecule has 0 radical (unpaired) electrons. The van der Waals surface area contributed by atoms with E-state index in [-0.39, 0.29) is 5.97 Å². The highest BCUT2D eigenvalue weighted by molar-refractivity contribution is 9.10. The maximum absolute atomic E-state index is 11.7. The zero-order valence-electron chi connectivity index (χ0n) is 10.3. The Morgan fingerprint density at radius 2 is 2.06 bits per heavy atom. The van der Waals surface area contributed by atoms with E-state index in [0.717, 1.165) is 21.3 Å². The van der Waals surface area contributed by atoms with E-state index in [1.807, 2.05) is 37.4 Å². The molecule has 2 aromatic rings. The van der Waals surface area contributed by atoms with Crippen molar-refractivity contribution >= 4 is 21.9 Å². The second-order valence-electron chi connectivity index (χ2n) is 4.07. The molecule has 0 saturated carbocycles. The van der Waals surface area contributed by atoms with E-state index in [9.17, 15) is 4.79 Å². The molecule has 0 aliphatic heterocycles. The van der Waals surface area contributed by atoms with Crippen molar-refractivity contribution in [3.63, 3.8) is 0 Å². The highest BCUT2D eigenvalue weighted by Gasteiger charge is 2.17. The average molecular weight is 308 g/mol. The van der Waals surface area contributed by atoms with Crippen LogP contribution in [0.2, 0.25) is 0 Å². The fourth-order valence-electron chi connectivity index (χ4n) is 1.95. The summed E-state index contributed by atoms with van der Waals surface area (Å²) in [5.41, 5.74) is 3.56. The summed E-state index contributed by atoms with van der Waals surface area (Å²) in [6.45, 7) is 1.87. The number of hydrogen-bond acceptors (Lipinski definition) is 2. The molecule has 0 saturated heterocycles. The lowest BCUT2D eigenvalue weighted by atomic mass is 10.0. The molecule has 2 rings (SSSR count). The van der Waals surface area contributed by atoms with E-state index in [0.29, 0.717) is 12.0 Å². The summed E-state index contributed by atoms with van der Waals surface area (Å²) >= 11 is 3.51. The molecule has 1 heterocycles. The molecule has 0 spiro atoms. The fourth-order valence-corrected chi connectivity index (χ4v) is 2.38. The third kappa shape index (κ3) is 2.48. The molecule has 0 amide bonds. The summed E-state index contributed by atoms with van der Waals surface area (Å²) in [6.07, 6.45) is 2.55. The number of H-pyrrole nitrogens is 1. The lowest BCUT2D eigenvalue weighted by Crippen LogP contribution is -2.05. The smallest absolute Gasteiger partial charge is 0.339 e. The molecule has 1 N–H and O–H groups in total.